The Kier molecular flexibility index (Phi) is 3.35. The number of hydrogen-bond acceptors (Lipinski definition) is 5. The second-order valence-electron chi connectivity index (χ2n) is 4.98. The fourth-order valence-corrected chi connectivity index (χ4v) is 2.28. The van der Waals surface area contributed by atoms with Crippen LogP contribution in [0.3, 0.4) is 0 Å². The van der Waals surface area contributed by atoms with Crippen LogP contribution in [0.1, 0.15) is 23.2 Å². The van der Waals surface area contributed by atoms with Crippen molar-refractivity contribution >= 4 is 11.9 Å². The average molecular weight is 287 g/mol. The molecule has 1 saturated carbocycles. The van der Waals surface area contributed by atoms with Gasteiger partial charge in [0.25, 0.3) is 5.91 Å². The van der Waals surface area contributed by atoms with E-state index in [1.165, 1.54) is 11.0 Å². The predicted octanol–water partition coefficient (Wildman–Crippen LogP) is 0.255. The van der Waals surface area contributed by atoms with Crippen LogP contribution in [-0.2, 0) is 4.79 Å². The van der Waals surface area contributed by atoms with E-state index in [1.807, 2.05) is 0 Å². The molecule has 0 unspecified atom stereocenters. The van der Waals surface area contributed by atoms with E-state index in [4.69, 9.17) is 5.11 Å². The zero-order valence-electron chi connectivity index (χ0n) is 11.0. The first-order valence-electron chi connectivity index (χ1n) is 6.50. The first-order valence-corrected chi connectivity index (χ1v) is 6.50. The molecule has 0 spiro atoms. The third-order valence-electron chi connectivity index (χ3n) is 3.54. The van der Waals surface area contributed by atoms with Crippen LogP contribution in [0.15, 0.2) is 30.6 Å². The normalized spacial score (nSPS) is 20.6. The lowest BCUT2D eigenvalue weighted by molar-refractivity contribution is -0.145. The quantitative estimate of drug-likeness (QED) is 0.834. The lowest BCUT2D eigenvalue weighted by Gasteiger charge is -2.32. The second-order valence-corrected chi connectivity index (χ2v) is 4.98. The van der Waals surface area contributed by atoms with E-state index >= 15 is 0 Å². The van der Waals surface area contributed by atoms with Crippen molar-refractivity contribution < 1.29 is 14.7 Å². The molecule has 21 heavy (non-hydrogen) atoms. The number of benzene rings is 1. The zero-order valence-corrected chi connectivity index (χ0v) is 11.0. The van der Waals surface area contributed by atoms with Crippen molar-refractivity contribution in [2.75, 3.05) is 0 Å². The van der Waals surface area contributed by atoms with E-state index in [-0.39, 0.29) is 17.9 Å². The Balaban J connectivity index is 1.66. The molecule has 1 heterocycles. The number of nitrogens with zero attached hydrogens (tertiary/aromatic N) is 4. The Morgan fingerprint density at radius 1 is 1.33 bits per heavy atom. The maximum atomic E-state index is 12.1. The third-order valence-corrected chi connectivity index (χ3v) is 3.54. The minimum absolute atomic E-state index is 0.0738. The summed E-state index contributed by atoms with van der Waals surface area (Å²) >= 11 is 0. The molecule has 8 heteroatoms. The molecule has 1 aliphatic carbocycles. The second kappa shape index (κ2) is 5.31. The van der Waals surface area contributed by atoms with Gasteiger partial charge in [0.1, 0.15) is 6.33 Å². The summed E-state index contributed by atoms with van der Waals surface area (Å²) in [5, 5.41) is 22.5. The predicted molar refractivity (Wildman–Crippen MR) is 70.8 cm³/mol. The highest BCUT2D eigenvalue weighted by Gasteiger charge is 2.35. The summed E-state index contributed by atoms with van der Waals surface area (Å²) in [4.78, 5) is 22.9. The summed E-state index contributed by atoms with van der Waals surface area (Å²) in [6.07, 6.45) is 2.40. The van der Waals surface area contributed by atoms with Gasteiger partial charge in [0, 0.05) is 11.6 Å². The van der Waals surface area contributed by atoms with Crippen molar-refractivity contribution in [3.63, 3.8) is 0 Å². The van der Waals surface area contributed by atoms with Gasteiger partial charge in [-0.05, 0) is 41.5 Å². The van der Waals surface area contributed by atoms with Gasteiger partial charge in [0.05, 0.1) is 11.6 Å². The van der Waals surface area contributed by atoms with Crippen molar-refractivity contribution in [2.24, 2.45) is 5.92 Å². The molecule has 0 aliphatic heterocycles. The van der Waals surface area contributed by atoms with E-state index in [0.717, 1.165) is 0 Å². The maximum Gasteiger partial charge on any atom is 0.306 e. The lowest BCUT2D eigenvalue weighted by Crippen LogP contribution is -2.46. The van der Waals surface area contributed by atoms with E-state index < -0.39 is 5.97 Å². The van der Waals surface area contributed by atoms with Crippen LogP contribution in [0.25, 0.3) is 5.69 Å². The first-order chi connectivity index (χ1) is 10.1. The topological polar surface area (TPSA) is 110 Å². The molecule has 3 rings (SSSR count). The summed E-state index contributed by atoms with van der Waals surface area (Å²) in [6.45, 7) is 0. The number of amides is 1. The van der Waals surface area contributed by atoms with Gasteiger partial charge in [0.15, 0.2) is 0 Å². The average Bonchev–Trinajstić information content (AvgIpc) is 2.96. The van der Waals surface area contributed by atoms with Gasteiger partial charge in [0.2, 0.25) is 0 Å². The maximum absolute atomic E-state index is 12.1. The summed E-state index contributed by atoms with van der Waals surface area (Å²) in [5.74, 6) is -1.37. The van der Waals surface area contributed by atoms with Crippen LogP contribution < -0.4 is 5.32 Å². The van der Waals surface area contributed by atoms with E-state index in [1.54, 1.807) is 24.3 Å². The van der Waals surface area contributed by atoms with Crippen LogP contribution in [0.4, 0.5) is 0 Å². The zero-order chi connectivity index (χ0) is 14.8. The molecule has 108 valence electrons. The number of carbonyl (C=O) groups excluding carboxylic acids is 1. The minimum Gasteiger partial charge on any atom is -0.481 e. The van der Waals surface area contributed by atoms with Gasteiger partial charge in [-0.3, -0.25) is 9.59 Å². The number of hydrogen-bond donors (Lipinski definition) is 2. The molecule has 2 aromatic rings. The van der Waals surface area contributed by atoms with Crippen LogP contribution in [-0.4, -0.2) is 43.2 Å². The lowest BCUT2D eigenvalue weighted by atomic mass is 9.80. The Morgan fingerprint density at radius 3 is 2.81 bits per heavy atom. The van der Waals surface area contributed by atoms with Crippen molar-refractivity contribution in [3.05, 3.63) is 36.2 Å². The molecule has 1 fully saturated rings. The summed E-state index contributed by atoms with van der Waals surface area (Å²) in [6, 6.07) is 6.83. The number of aromatic nitrogens is 4. The van der Waals surface area contributed by atoms with E-state index in [2.05, 4.69) is 20.8 Å². The van der Waals surface area contributed by atoms with E-state index in [0.29, 0.717) is 24.1 Å². The van der Waals surface area contributed by atoms with Crippen molar-refractivity contribution in [1.82, 2.24) is 25.5 Å². The smallest absolute Gasteiger partial charge is 0.306 e. The number of aliphatic carboxylic acids is 1. The van der Waals surface area contributed by atoms with Crippen molar-refractivity contribution in [1.29, 1.82) is 0 Å². The molecule has 8 nitrogen and oxygen atoms in total. The number of carboxylic acids is 1. The highest BCUT2D eigenvalue weighted by molar-refractivity contribution is 5.95. The standard InChI is InChI=1S/C13H13N5O3/c19-12(15-10-4-9(5-10)13(20)21)8-2-1-3-11(6-8)18-7-14-16-17-18/h1-3,6-7,9-10H,4-5H2,(H,15,19)(H,20,21). The van der Waals surface area contributed by atoms with Crippen LogP contribution in [0.5, 0.6) is 0 Å². The van der Waals surface area contributed by atoms with Crippen LogP contribution in [0, 0.1) is 5.92 Å². The van der Waals surface area contributed by atoms with Crippen molar-refractivity contribution in [2.45, 2.75) is 18.9 Å². The van der Waals surface area contributed by atoms with Gasteiger partial charge in [-0.15, -0.1) is 5.10 Å². The Bertz CT molecular complexity index is 664. The van der Waals surface area contributed by atoms with E-state index in [9.17, 15) is 9.59 Å². The number of nitrogens with one attached hydrogen (secondary N) is 1. The molecule has 0 atom stereocenters. The molecular formula is C13H13N5O3. The molecule has 1 aliphatic rings. The van der Waals surface area contributed by atoms with Crippen molar-refractivity contribution in [3.8, 4) is 5.69 Å². The van der Waals surface area contributed by atoms with Crippen LogP contribution in [0.2, 0.25) is 0 Å². The summed E-state index contributed by atoms with van der Waals surface area (Å²) < 4.78 is 1.46. The summed E-state index contributed by atoms with van der Waals surface area (Å²) in [7, 11) is 0. The Hall–Kier alpha value is -2.77. The molecule has 0 saturated heterocycles. The number of carbonyl (C=O) groups is 2. The Morgan fingerprint density at radius 2 is 2.14 bits per heavy atom. The number of rotatable bonds is 4. The van der Waals surface area contributed by atoms with Gasteiger partial charge >= 0.3 is 5.97 Å². The van der Waals surface area contributed by atoms with Crippen LogP contribution >= 0.6 is 0 Å². The molecule has 0 radical (unpaired) electrons. The number of carboxylic acid groups (broad SMARTS) is 1. The highest BCUT2D eigenvalue weighted by atomic mass is 16.4. The first kappa shape index (κ1) is 13.2. The highest BCUT2D eigenvalue weighted by Crippen LogP contribution is 2.27. The Labute approximate surface area is 119 Å². The molecule has 2 N–H and O–H groups in total. The monoisotopic (exact) mass is 287 g/mol. The fraction of sp³-hybridized carbons (Fsp3) is 0.308. The molecule has 1 amide bonds. The molecule has 1 aromatic carbocycles. The summed E-state index contributed by atoms with van der Waals surface area (Å²) in [5.41, 5.74) is 1.17. The van der Waals surface area contributed by atoms with Gasteiger partial charge in [-0.2, -0.15) is 0 Å². The molecular weight excluding hydrogens is 274 g/mol. The molecule has 1 aromatic heterocycles. The fourth-order valence-electron chi connectivity index (χ4n) is 2.28. The SMILES string of the molecule is O=C(NC1CC(C(=O)O)C1)c1cccc(-n2cnnn2)c1. The van der Waals surface area contributed by atoms with Gasteiger partial charge in [-0.1, -0.05) is 6.07 Å². The number of tetrazole rings is 1. The third kappa shape index (κ3) is 2.73. The van der Waals surface area contributed by atoms with Gasteiger partial charge < -0.3 is 10.4 Å². The van der Waals surface area contributed by atoms with Gasteiger partial charge in [-0.25, -0.2) is 4.68 Å². The minimum atomic E-state index is -0.804. The molecule has 0 bridgehead atoms. The largest absolute Gasteiger partial charge is 0.481 e.